The molecule has 2 fully saturated rings. The average Bonchev–Trinajstić information content (AvgIpc) is 3.15. The van der Waals surface area contributed by atoms with E-state index in [-0.39, 0.29) is 17.2 Å². The number of likely N-dealkylation sites (tertiary alicyclic amines) is 2. The molecule has 0 aliphatic carbocycles. The van der Waals surface area contributed by atoms with Gasteiger partial charge in [0.15, 0.2) is 6.29 Å². The molecule has 2 aliphatic rings. The number of piperidine rings is 1. The normalized spacial score (nSPS) is 18.3. The maximum Gasteiger partial charge on any atom is 0.416 e. The van der Waals surface area contributed by atoms with Gasteiger partial charge >= 0.3 is 12.3 Å². The number of hydrogen-bond donors (Lipinski definition) is 0. The predicted octanol–water partition coefficient (Wildman–Crippen LogP) is 4.53. The van der Waals surface area contributed by atoms with E-state index < -0.39 is 23.2 Å². The Morgan fingerprint density at radius 2 is 1.87 bits per heavy atom. The lowest BCUT2D eigenvalue weighted by molar-refractivity contribution is -0.137. The number of carbonyl (C=O) groups is 3. The molecule has 2 aliphatic heterocycles. The first-order chi connectivity index (χ1) is 14.7. The summed E-state index contributed by atoms with van der Waals surface area (Å²) in [6.07, 6.45) is -0.258. The van der Waals surface area contributed by atoms with Gasteiger partial charge in [0.1, 0.15) is 0 Å². The lowest BCUT2D eigenvalue weighted by Crippen LogP contribution is -2.55. The molecule has 0 bridgehead atoms. The van der Waals surface area contributed by atoms with E-state index in [0.29, 0.717) is 45.4 Å². The molecule has 2 saturated heterocycles. The van der Waals surface area contributed by atoms with Gasteiger partial charge in [-0.25, -0.2) is 4.79 Å². The van der Waals surface area contributed by atoms with Crippen molar-refractivity contribution in [3.8, 4) is 0 Å². The van der Waals surface area contributed by atoms with Gasteiger partial charge in [-0.1, -0.05) is 13.3 Å². The van der Waals surface area contributed by atoms with Crippen LogP contribution >= 0.6 is 0 Å². The Morgan fingerprint density at radius 3 is 2.48 bits per heavy atom. The van der Waals surface area contributed by atoms with Crippen LogP contribution in [-0.4, -0.2) is 59.9 Å². The van der Waals surface area contributed by atoms with Crippen molar-refractivity contribution in [1.82, 2.24) is 9.80 Å². The van der Waals surface area contributed by atoms with Crippen molar-refractivity contribution in [1.29, 1.82) is 0 Å². The van der Waals surface area contributed by atoms with Crippen molar-refractivity contribution in [3.63, 3.8) is 0 Å². The molecule has 2 heterocycles. The highest BCUT2D eigenvalue weighted by Crippen LogP contribution is 2.40. The zero-order valence-corrected chi connectivity index (χ0v) is 17.5. The van der Waals surface area contributed by atoms with Crippen LogP contribution in [0, 0.1) is 0 Å². The number of halogens is 3. The average molecular weight is 440 g/mol. The minimum absolute atomic E-state index is 0.0225. The topological polar surface area (TPSA) is 66.9 Å². The maximum absolute atomic E-state index is 13.2. The number of unbranched alkanes of at least 4 members (excludes halogenated alkanes) is 1. The molecule has 6 nitrogen and oxygen atoms in total. The number of rotatable bonds is 5. The highest BCUT2D eigenvalue weighted by molar-refractivity contribution is 6.02. The standard InChI is InChI=1S/C22H27F3N2O4/c1-2-3-13-31-20(30)26-11-8-21(9-12-26)7-4-10-27(21)19(29)18-6-5-17(22(23,24)25)14-16(18)15-28/h5-6,14-15H,2-4,7-13H2,1H3. The van der Waals surface area contributed by atoms with Crippen LogP contribution in [0.25, 0.3) is 0 Å². The Labute approximate surface area is 179 Å². The van der Waals surface area contributed by atoms with Crippen molar-refractivity contribution >= 4 is 18.3 Å². The van der Waals surface area contributed by atoms with Crippen molar-refractivity contribution in [2.24, 2.45) is 0 Å². The Balaban J connectivity index is 1.73. The molecule has 3 rings (SSSR count). The molecule has 0 radical (unpaired) electrons. The van der Waals surface area contributed by atoms with Gasteiger partial charge in [-0.2, -0.15) is 13.2 Å². The lowest BCUT2D eigenvalue weighted by atomic mass is 9.84. The molecule has 1 spiro atoms. The number of carbonyl (C=O) groups excluding carboxylic acids is 3. The summed E-state index contributed by atoms with van der Waals surface area (Å²) in [5.41, 5.74) is -1.71. The van der Waals surface area contributed by atoms with Crippen molar-refractivity contribution in [2.75, 3.05) is 26.2 Å². The van der Waals surface area contributed by atoms with Gasteiger partial charge in [-0.15, -0.1) is 0 Å². The summed E-state index contributed by atoms with van der Waals surface area (Å²) >= 11 is 0. The van der Waals surface area contributed by atoms with Crippen LogP contribution in [0.5, 0.6) is 0 Å². The first kappa shape index (κ1) is 23.1. The molecule has 0 unspecified atom stereocenters. The molecule has 0 aromatic heterocycles. The molecule has 2 amide bonds. The third-order valence-electron chi connectivity index (χ3n) is 6.25. The van der Waals surface area contributed by atoms with Crippen molar-refractivity contribution < 1.29 is 32.3 Å². The fourth-order valence-corrected chi connectivity index (χ4v) is 4.45. The highest BCUT2D eigenvalue weighted by atomic mass is 19.4. The SMILES string of the molecule is CCCCOC(=O)N1CCC2(CCCN2C(=O)c2ccc(C(F)(F)F)cc2C=O)CC1. The van der Waals surface area contributed by atoms with Gasteiger partial charge in [-0.05, 0) is 50.3 Å². The van der Waals surface area contributed by atoms with E-state index in [4.69, 9.17) is 4.74 Å². The summed E-state index contributed by atoms with van der Waals surface area (Å²) in [6.45, 7) is 3.75. The smallest absolute Gasteiger partial charge is 0.416 e. The van der Waals surface area contributed by atoms with Crippen LogP contribution in [-0.2, 0) is 10.9 Å². The van der Waals surface area contributed by atoms with Crippen molar-refractivity contribution in [3.05, 3.63) is 34.9 Å². The van der Waals surface area contributed by atoms with Gasteiger partial charge in [0.05, 0.1) is 17.7 Å². The second-order valence-corrected chi connectivity index (χ2v) is 8.16. The van der Waals surface area contributed by atoms with Crippen LogP contribution in [0.3, 0.4) is 0 Å². The third-order valence-corrected chi connectivity index (χ3v) is 6.25. The molecule has 0 saturated carbocycles. The van der Waals surface area contributed by atoms with Crippen LogP contribution in [0.1, 0.15) is 71.7 Å². The minimum atomic E-state index is -4.59. The first-order valence-electron chi connectivity index (χ1n) is 10.6. The highest BCUT2D eigenvalue weighted by Gasteiger charge is 2.46. The van der Waals surface area contributed by atoms with Gasteiger partial charge < -0.3 is 14.5 Å². The summed E-state index contributed by atoms with van der Waals surface area (Å²) < 4.78 is 44.2. The fourth-order valence-electron chi connectivity index (χ4n) is 4.45. The summed E-state index contributed by atoms with van der Waals surface area (Å²) in [5.74, 6) is -0.438. The summed E-state index contributed by atoms with van der Waals surface area (Å²) in [4.78, 5) is 40.2. The molecule has 170 valence electrons. The molecule has 1 aromatic rings. The van der Waals surface area contributed by atoms with Crippen LogP contribution in [0.4, 0.5) is 18.0 Å². The quantitative estimate of drug-likeness (QED) is 0.499. The number of nitrogens with zero attached hydrogens (tertiary/aromatic N) is 2. The zero-order chi connectivity index (χ0) is 22.6. The molecule has 9 heteroatoms. The molecule has 31 heavy (non-hydrogen) atoms. The number of benzene rings is 1. The summed E-state index contributed by atoms with van der Waals surface area (Å²) in [7, 11) is 0. The first-order valence-corrected chi connectivity index (χ1v) is 10.6. The van der Waals surface area contributed by atoms with Crippen molar-refractivity contribution in [2.45, 2.75) is 57.2 Å². The van der Waals surface area contributed by atoms with Crippen LogP contribution < -0.4 is 0 Å². The van der Waals surface area contributed by atoms with Crippen LogP contribution in [0.15, 0.2) is 18.2 Å². The molecule has 0 N–H and O–H groups in total. The Hall–Kier alpha value is -2.58. The maximum atomic E-state index is 13.2. The van der Waals surface area contributed by atoms with E-state index >= 15 is 0 Å². The van der Waals surface area contributed by atoms with Gasteiger partial charge in [0.2, 0.25) is 0 Å². The number of alkyl halides is 3. The monoisotopic (exact) mass is 440 g/mol. The minimum Gasteiger partial charge on any atom is -0.449 e. The second kappa shape index (κ2) is 9.28. The van der Waals surface area contributed by atoms with Crippen LogP contribution in [0.2, 0.25) is 0 Å². The van der Waals surface area contributed by atoms with E-state index in [2.05, 4.69) is 0 Å². The van der Waals surface area contributed by atoms with Gasteiger partial charge in [0.25, 0.3) is 5.91 Å². The van der Waals surface area contributed by atoms with E-state index in [1.165, 1.54) is 0 Å². The molecular weight excluding hydrogens is 413 g/mol. The van der Waals surface area contributed by atoms with E-state index in [9.17, 15) is 27.6 Å². The third kappa shape index (κ3) is 4.85. The summed E-state index contributed by atoms with van der Waals surface area (Å²) in [6, 6.07) is 2.64. The Bertz CT molecular complexity index is 833. The Kier molecular flexibility index (Phi) is 6.91. The number of aldehydes is 1. The second-order valence-electron chi connectivity index (χ2n) is 8.16. The molecule has 1 aromatic carbocycles. The number of hydrogen-bond acceptors (Lipinski definition) is 4. The molecular formula is C22H27F3N2O4. The largest absolute Gasteiger partial charge is 0.449 e. The Morgan fingerprint density at radius 1 is 1.16 bits per heavy atom. The van der Waals surface area contributed by atoms with E-state index in [1.54, 1.807) is 9.80 Å². The van der Waals surface area contributed by atoms with E-state index in [0.717, 1.165) is 43.9 Å². The molecule has 0 atom stereocenters. The zero-order valence-electron chi connectivity index (χ0n) is 17.5. The van der Waals surface area contributed by atoms with E-state index in [1.807, 2.05) is 6.92 Å². The number of ether oxygens (including phenoxy) is 1. The lowest BCUT2D eigenvalue weighted by Gasteiger charge is -2.44. The summed E-state index contributed by atoms with van der Waals surface area (Å²) in [5, 5.41) is 0. The predicted molar refractivity (Wildman–Crippen MR) is 107 cm³/mol. The van der Waals surface area contributed by atoms with Gasteiger partial charge in [0, 0.05) is 30.7 Å². The fraction of sp³-hybridized carbons (Fsp3) is 0.591. The number of amides is 2. The van der Waals surface area contributed by atoms with Gasteiger partial charge in [-0.3, -0.25) is 9.59 Å².